The topological polar surface area (TPSA) is 0 Å². The van der Waals surface area contributed by atoms with Crippen molar-refractivity contribution in [3.05, 3.63) is 0 Å². The maximum atomic E-state index is 2.55. The zero-order valence-corrected chi connectivity index (χ0v) is 16.3. The fourth-order valence-electron chi connectivity index (χ4n) is 4.11. The summed E-state index contributed by atoms with van der Waals surface area (Å²) < 4.78 is 0. The van der Waals surface area contributed by atoms with E-state index in [9.17, 15) is 0 Å². The summed E-state index contributed by atoms with van der Waals surface area (Å²) in [5.41, 5.74) is 0. The number of rotatable bonds is 13. The minimum atomic E-state index is 0.867. The van der Waals surface area contributed by atoms with E-state index in [1.807, 2.05) is 0 Å². The molecule has 0 saturated carbocycles. The Labute approximate surface area is 136 Å². The van der Waals surface area contributed by atoms with Crippen molar-refractivity contribution in [2.24, 2.45) is 29.6 Å². The van der Waals surface area contributed by atoms with Gasteiger partial charge in [-0.25, -0.2) is 0 Å². The molecule has 0 aromatic carbocycles. The second-order valence-electron chi connectivity index (χ2n) is 7.95. The van der Waals surface area contributed by atoms with Crippen molar-refractivity contribution in [1.82, 2.24) is 0 Å². The molecule has 0 saturated heterocycles. The molecule has 0 aliphatic rings. The predicted octanol–water partition coefficient (Wildman–Crippen LogP) is 7.72. The van der Waals surface area contributed by atoms with Crippen molar-refractivity contribution in [3.8, 4) is 0 Å². The normalized spacial score (nSPS) is 16.4. The highest BCUT2D eigenvalue weighted by atomic mass is 14.3. The first-order chi connectivity index (χ1) is 9.97. The van der Waals surface area contributed by atoms with Crippen LogP contribution in [0.4, 0.5) is 0 Å². The van der Waals surface area contributed by atoms with Gasteiger partial charge >= 0.3 is 0 Å². The van der Waals surface area contributed by atoms with Crippen LogP contribution >= 0.6 is 0 Å². The van der Waals surface area contributed by atoms with Crippen LogP contribution in [0, 0.1) is 29.6 Å². The van der Waals surface area contributed by atoms with Crippen LogP contribution in [0.25, 0.3) is 0 Å². The summed E-state index contributed by atoms with van der Waals surface area (Å²) in [6, 6.07) is 0. The van der Waals surface area contributed by atoms with E-state index in [0.29, 0.717) is 0 Å². The van der Waals surface area contributed by atoms with Gasteiger partial charge in [0.2, 0.25) is 0 Å². The molecule has 0 spiro atoms. The Morgan fingerprint density at radius 3 is 1.57 bits per heavy atom. The lowest BCUT2D eigenvalue weighted by Gasteiger charge is -2.35. The predicted molar refractivity (Wildman–Crippen MR) is 98.7 cm³/mol. The maximum Gasteiger partial charge on any atom is -0.0358 e. The van der Waals surface area contributed by atoms with Gasteiger partial charge in [-0.1, -0.05) is 106 Å². The molecule has 0 rings (SSSR count). The highest BCUT2D eigenvalue weighted by molar-refractivity contribution is 4.78. The smallest absolute Gasteiger partial charge is 0.0358 e. The summed E-state index contributed by atoms with van der Waals surface area (Å²) in [4.78, 5) is 0. The zero-order valence-electron chi connectivity index (χ0n) is 16.3. The molecule has 21 heavy (non-hydrogen) atoms. The van der Waals surface area contributed by atoms with E-state index in [2.05, 4.69) is 48.5 Å². The molecule has 0 aromatic rings. The van der Waals surface area contributed by atoms with Gasteiger partial charge in [0.1, 0.15) is 0 Å². The molecule has 0 heteroatoms. The van der Waals surface area contributed by atoms with Crippen LogP contribution in [-0.4, -0.2) is 0 Å². The van der Waals surface area contributed by atoms with Crippen LogP contribution in [0.15, 0.2) is 0 Å². The van der Waals surface area contributed by atoms with Crippen LogP contribution < -0.4 is 0 Å². The van der Waals surface area contributed by atoms with E-state index < -0.39 is 0 Å². The van der Waals surface area contributed by atoms with Gasteiger partial charge in [0.15, 0.2) is 0 Å². The lowest BCUT2D eigenvalue weighted by Crippen LogP contribution is -2.26. The lowest BCUT2D eigenvalue weighted by molar-refractivity contribution is 0.147. The molecule has 0 heterocycles. The van der Waals surface area contributed by atoms with Crippen molar-refractivity contribution in [1.29, 1.82) is 0 Å². The Morgan fingerprint density at radius 1 is 0.619 bits per heavy atom. The minimum absolute atomic E-state index is 0.867. The Kier molecular flexibility index (Phi) is 12.5. The molecule has 0 aliphatic heterocycles. The van der Waals surface area contributed by atoms with E-state index in [1.54, 1.807) is 0 Å². The lowest BCUT2D eigenvalue weighted by atomic mass is 9.70. The molecule has 3 unspecified atom stereocenters. The molecule has 3 atom stereocenters. The number of hydrogen-bond acceptors (Lipinski definition) is 0. The van der Waals surface area contributed by atoms with Crippen molar-refractivity contribution >= 4 is 0 Å². The molecule has 0 aromatic heterocycles. The van der Waals surface area contributed by atoms with Gasteiger partial charge in [0, 0.05) is 0 Å². The van der Waals surface area contributed by atoms with Crippen LogP contribution in [0.5, 0.6) is 0 Å². The van der Waals surface area contributed by atoms with Crippen LogP contribution in [0.2, 0.25) is 0 Å². The van der Waals surface area contributed by atoms with Crippen LogP contribution in [0.3, 0.4) is 0 Å². The van der Waals surface area contributed by atoms with E-state index in [4.69, 9.17) is 0 Å². The van der Waals surface area contributed by atoms with Crippen LogP contribution in [0.1, 0.15) is 106 Å². The van der Waals surface area contributed by atoms with Gasteiger partial charge in [0.25, 0.3) is 0 Å². The summed E-state index contributed by atoms with van der Waals surface area (Å²) in [6.45, 7) is 16.9. The molecule has 0 fully saturated rings. The quantitative estimate of drug-likeness (QED) is 0.326. The Bertz CT molecular complexity index is 212. The Balaban J connectivity index is 4.58. The van der Waals surface area contributed by atoms with Gasteiger partial charge in [-0.05, 0) is 29.6 Å². The average molecular weight is 297 g/mol. The summed E-state index contributed by atoms with van der Waals surface area (Å²) in [5.74, 6) is 4.61. The molecule has 0 radical (unpaired) electrons. The third-order valence-corrected chi connectivity index (χ3v) is 5.56. The molecule has 128 valence electrons. The molecular weight excluding hydrogens is 252 g/mol. The maximum absolute atomic E-state index is 2.55. The van der Waals surface area contributed by atoms with Crippen molar-refractivity contribution < 1.29 is 0 Å². The summed E-state index contributed by atoms with van der Waals surface area (Å²) in [6.07, 6.45) is 12.7. The summed E-state index contributed by atoms with van der Waals surface area (Å²) >= 11 is 0. The summed E-state index contributed by atoms with van der Waals surface area (Å²) in [7, 11) is 0. The van der Waals surface area contributed by atoms with Gasteiger partial charge < -0.3 is 0 Å². The number of hydrogen-bond donors (Lipinski definition) is 0. The first-order valence-electron chi connectivity index (χ1n) is 9.97. The standard InChI is InChI=1S/C21H44/c1-8-12-20(13-9-2)21(14-10-3)19(7)18(6)16-11-15-17(4)5/h17-21H,8-16H2,1-7H3. The Hall–Kier alpha value is 0. The molecular formula is C21H44. The monoisotopic (exact) mass is 296 g/mol. The Morgan fingerprint density at radius 2 is 1.14 bits per heavy atom. The van der Waals surface area contributed by atoms with E-state index in [0.717, 1.165) is 29.6 Å². The van der Waals surface area contributed by atoms with Gasteiger partial charge in [-0.2, -0.15) is 0 Å². The van der Waals surface area contributed by atoms with E-state index in [1.165, 1.54) is 57.8 Å². The fourth-order valence-corrected chi connectivity index (χ4v) is 4.11. The molecule has 0 bridgehead atoms. The van der Waals surface area contributed by atoms with Gasteiger partial charge in [-0.3, -0.25) is 0 Å². The zero-order chi connectivity index (χ0) is 16.3. The fraction of sp³-hybridized carbons (Fsp3) is 1.00. The van der Waals surface area contributed by atoms with Crippen molar-refractivity contribution in [2.75, 3.05) is 0 Å². The molecule has 0 amide bonds. The first-order valence-corrected chi connectivity index (χ1v) is 9.97. The molecule has 0 aliphatic carbocycles. The van der Waals surface area contributed by atoms with Gasteiger partial charge in [-0.15, -0.1) is 0 Å². The SMILES string of the molecule is CCCC(CCC)C(CCC)C(C)C(C)CCCC(C)C. The largest absolute Gasteiger partial charge is 0.0654 e. The van der Waals surface area contributed by atoms with Crippen molar-refractivity contribution in [2.45, 2.75) is 106 Å². The highest BCUT2D eigenvalue weighted by Gasteiger charge is 2.28. The van der Waals surface area contributed by atoms with Gasteiger partial charge in [0.05, 0.1) is 0 Å². The minimum Gasteiger partial charge on any atom is -0.0654 e. The van der Waals surface area contributed by atoms with Crippen LogP contribution in [-0.2, 0) is 0 Å². The average Bonchev–Trinajstić information content (AvgIpc) is 2.43. The van der Waals surface area contributed by atoms with E-state index in [-0.39, 0.29) is 0 Å². The summed E-state index contributed by atoms with van der Waals surface area (Å²) in [5, 5.41) is 0. The molecule has 0 nitrogen and oxygen atoms in total. The third-order valence-electron chi connectivity index (χ3n) is 5.56. The second kappa shape index (κ2) is 12.5. The second-order valence-corrected chi connectivity index (χ2v) is 7.95. The highest BCUT2D eigenvalue weighted by Crippen LogP contribution is 2.37. The van der Waals surface area contributed by atoms with Crippen molar-refractivity contribution in [3.63, 3.8) is 0 Å². The first kappa shape index (κ1) is 21.0. The van der Waals surface area contributed by atoms with E-state index >= 15 is 0 Å². The molecule has 0 N–H and O–H groups in total. The third kappa shape index (κ3) is 8.89.